The lowest BCUT2D eigenvalue weighted by Gasteiger charge is -2.13. The van der Waals surface area contributed by atoms with Gasteiger partial charge >= 0.3 is 0 Å². The molecule has 19 heavy (non-hydrogen) atoms. The number of hydrogen-bond acceptors (Lipinski definition) is 4. The highest BCUT2D eigenvalue weighted by Gasteiger charge is 2.16. The first kappa shape index (κ1) is 12.4. The van der Waals surface area contributed by atoms with Crippen LogP contribution >= 0.6 is 11.3 Å². The Morgan fingerprint density at radius 2 is 2.16 bits per heavy atom. The molecule has 1 N–H and O–H groups in total. The zero-order valence-corrected chi connectivity index (χ0v) is 11.6. The van der Waals surface area contributed by atoms with E-state index in [9.17, 15) is 0 Å². The van der Waals surface area contributed by atoms with Crippen LogP contribution in [-0.4, -0.2) is 11.5 Å². The van der Waals surface area contributed by atoms with Gasteiger partial charge in [0.25, 0.3) is 0 Å². The van der Waals surface area contributed by atoms with Gasteiger partial charge in [0.1, 0.15) is 5.76 Å². The van der Waals surface area contributed by atoms with E-state index in [1.165, 1.54) is 4.70 Å². The summed E-state index contributed by atoms with van der Waals surface area (Å²) in [5, 5.41) is 4.59. The Kier molecular flexibility index (Phi) is 3.62. The van der Waals surface area contributed by atoms with E-state index in [1.807, 2.05) is 18.2 Å². The van der Waals surface area contributed by atoms with Crippen molar-refractivity contribution in [3.63, 3.8) is 0 Å². The van der Waals surface area contributed by atoms with Gasteiger partial charge in [0.05, 0.1) is 27.5 Å². The SMILES string of the molecule is CCNC(Cc1nc2ccccc2s1)c1ccco1. The maximum atomic E-state index is 5.51. The molecule has 3 rings (SSSR count). The highest BCUT2D eigenvalue weighted by molar-refractivity contribution is 7.18. The van der Waals surface area contributed by atoms with E-state index in [1.54, 1.807) is 17.6 Å². The fourth-order valence-corrected chi connectivity index (χ4v) is 3.20. The van der Waals surface area contributed by atoms with Crippen LogP contribution in [0.4, 0.5) is 0 Å². The summed E-state index contributed by atoms with van der Waals surface area (Å²) in [6, 6.07) is 12.4. The molecule has 2 aromatic heterocycles. The van der Waals surface area contributed by atoms with Crippen molar-refractivity contribution < 1.29 is 4.42 Å². The second-order valence-electron chi connectivity index (χ2n) is 4.41. The second-order valence-corrected chi connectivity index (χ2v) is 5.52. The maximum Gasteiger partial charge on any atom is 0.121 e. The average Bonchev–Trinajstić information content (AvgIpc) is 3.07. The number of thiazole rings is 1. The molecule has 0 aliphatic rings. The summed E-state index contributed by atoms with van der Waals surface area (Å²) in [7, 11) is 0. The number of likely N-dealkylation sites (N-methyl/N-ethyl adjacent to an activating group) is 1. The summed E-state index contributed by atoms with van der Waals surface area (Å²) in [6.45, 7) is 3.02. The first-order chi connectivity index (χ1) is 9.36. The molecule has 0 spiro atoms. The molecule has 3 aromatic rings. The number of aromatic nitrogens is 1. The van der Waals surface area contributed by atoms with Gasteiger partial charge in [-0.2, -0.15) is 0 Å². The Balaban J connectivity index is 1.85. The lowest BCUT2D eigenvalue weighted by Crippen LogP contribution is -2.22. The van der Waals surface area contributed by atoms with Crippen molar-refractivity contribution in [1.82, 2.24) is 10.3 Å². The Labute approximate surface area is 116 Å². The van der Waals surface area contributed by atoms with Crippen molar-refractivity contribution in [2.75, 3.05) is 6.54 Å². The number of hydrogen-bond donors (Lipinski definition) is 1. The van der Waals surface area contributed by atoms with Crippen molar-refractivity contribution >= 4 is 21.6 Å². The largest absolute Gasteiger partial charge is 0.468 e. The van der Waals surface area contributed by atoms with Gasteiger partial charge in [-0.3, -0.25) is 0 Å². The van der Waals surface area contributed by atoms with Crippen LogP contribution < -0.4 is 5.32 Å². The lowest BCUT2D eigenvalue weighted by atomic mass is 10.1. The van der Waals surface area contributed by atoms with Crippen molar-refractivity contribution in [3.05, 3.63) is 53.4 Å². The Morgan fingerprint density at radius 3 is 2.89 bits per heavy atom. The highest BCUT2D eigenvalue weighted by Crippen LogP contribution is 2.26. The minimum absolute atomic E-state index is 0.195. The zero-order valence-electron chi connectivity index (χ0n) is 10.8. The highest BCUT2D eigenvalue weighted by atomic mass is 32.1. The quantitative estimate of drug-likeness (QED) is 0.768. The van der Waals surface area contributed by atoms with Gasteiger partial charge in [0.2, 0.25) is 0 Å². The Bertz CT molecular complexity index is 612. The van der Waals surface area contributed by atoms with Crippen LogP contribution in [0.5, 0.6) is 0 Å². The molecule has 1 unspecified atom stereocenters. The molecule has 1 aromatic carbocycles. The Hall–Kier alpha value is -1.65. The van der Waals surface area contributed by atoms with Crippen LogP contribution in [0.1, 0.15) is 23.7 Å². The van der Waals surface area contributed by atoms with E-state index in [-0.39, 0.29) is 6.04 Å². The third kappa shape index (κ3) is 2.69. The number of fused-ring (bicyclic) bond motifs is 1. The smallest absolute Gasteiger partial charge is 0.121 e. The number of nitrogens with one attached hydrogen (secondary N) is 1. The third-order valence-corrected chi connectivity index (χ3v) is 4.11. The van der Waals surface area contributed by atoms with Gasteiger partial charge in [0.15, 0.2) is 0 Å². The predicted octanol–water partition coefficient (Wildman–Crippen LogP) is 3.78. The van der Waals surface area contributed by atoms with Crippen LogP contribution in [-0.2, 0) is 6.42 Å². The fourth-order valence-electron chi connectivity index (χ4n) is 2.19. The number of nitrogens with zero attached hydrogens (tertiary/aromatic N) is 1. The molecule has 0 saturated carbocycles. The number of furan rings is 1. The number of rotatable bonds is 5. The second kappa shape index (κ2) is 5.55. The molecule has 3 nitrogen and oxygen atoms in total. The van der Waals surface area contributed by atoms with Gasteiger partial charge < -0.3 is 9.73 Å². The summed E-state index contributed by atoms with van der Waals surface area (Å²) in [6.07, 6.45) is 2.58. The third-order valence-electron chi connectivity index (χ3n) is 3.05. The lowest BCUT2D eigenvalue weighted by molar-refractivity contribution is 0.416. The predicted molar refractivity (Wildman–Crippen MR) is 78.4 cm³/mol. The first-order valence-corrected chi connectivity index (χ1v) is 7.29. The maximum absolute atomic E-state index is 5.51. The number of para-hydroxylation sites is 1. The summed E-state index contributed by atoms with van der Waals surface area (Å²) in [4.78, 5) is 4.68. The molecule has 1 atom stereocenters. The van der Waals surface area contributed by atoms with E-state index in [0.717, 1.165) is 29.3 Å². The van der Waals surface area contributed by atoms with E-state index in [0.29, 0.717) is 0 Å². The monoisotopic (exact) mass is 272 g/mol. The van der Waals surface area contributed by atoms with Crippen molar-refractivity contribution in [2.24, 2.45) is 0 Å². The fraction of sp³-hybridized carbons (Fsp3) is 0.267. The molecule has 98 valence electrons. The molecular formula is C15H16N2OS. The van der Waals surface area contributed by atoms with E-state index >= 15 is 0 Å². The van der Waals surface area contributed by atoms with Gasteiger partial charge in [-0.15, -0.1) is 11.3 Å². The molecule has 0 aliphatic carbocycles. The van der Waals surface area contributed by atoms with Crippen LogP contribution in [0, 0.1) is 0 Å². The molecule has 0 aliphatic heterocycles. The molecule has 0 fully saturated rings. The molecular weight excluding hydrogens is 256 g/mol. The van der Waals surface area contributed by atoms with Gasteiger partial charge in [-0.25, -0.2) is 4.98 Å². The zero-order chi connectivity index (χ0) is 13.1. The standard InChI is InChI=1S/C15H16N2OS/c1-2-16-12(13-7-5-9-18-13)10-15-17-11-6-3-4-8-14(11)19-15/h3-9,12,16H,2,10H2,1H3. The summed E-state index contributed by atoms with van der Waals surface area (Å²) in [5.41, 5.74) is 1.08. The van der Waals surface area contributed by atoms with Crippen LogP contribution in [0.25, 0.3) is 10.2 Å². The normalized spacial score (nSPS) is 12.9. The van der Waals surface area contributed by atoms with Gasteiger partial charge in [0, 0.05) is 6.42 Å². The average molecular weight is 272 g/mol. The summed E-state index contributed by atoms with van der Waals surface area (Å²) in [5.74, 6) is 0.973. The van der Waals surface area contributed by atoms with Crippen LogP contribution in [0.3, 0.4) is 0 Å². The van der Waals surface area contributed by atoms with Crippen molar-refractivity contribution in [1.29, 1.82) is 0 Å². The van der Waals surface area contributed by atoms with Gasteiger partial charge in [-0.05, 0) is 30.8 Å². The molecule has 4 heteroatoms. The summed E-state index contributed by atoms with van der Waals surface area (Å²) < 4.78 is 6.75. The topological polar surface area (TPSA) is 38.1 Å². The molecule has 0 radical (unpaired) electrons. The van der Waals surface area contributed by atoms with Gasteiger partial charge in [-0.1, -0.05) is 19.1 Å². The van der Waals surface area contributed by atoms with Crippen LogP contribution in [0.15, 0.2) is 47.1 Å². The number of benzene rings is 1. The van der Waals surface area contributed by atoms with Crippen molar-refractivity contribution in [2.45, 2.75) is 19.4 Å². The summed E-state index contributed by atoms with van der Waals surface area (Å²) >= 11 is 1.76. The molecule has 0 bridgehead atoms. The van der Waals surface area contributed by atoms with E-state index in [2.05, 4.69) is 35.4 Å². The van der Waals surface area contributed by atoms with Crippen molar-refractivity contribution in [3.8, 4) is 0 Å². The minimum Gasteiger partial charge on any atom is -0.468 e. The molecule has 0 amide bonds. The molecule has 0 saturated heterocycles. The van der Waals surface area contributed by atoms with E-state index < -0.39 is 0 Å². The Morgan fingerprint density at radius 1 is 1.26 bits per heavy atom. The van der Waals surface area contributed by atoms with E-state index in [4.69, 9.17) is 4.42 Å². The molecule has 2 heterocycles. The first-order valence-electron chi connectivity index (χ1n) is 6.48. The minimum atomic E-state index is 0.195. The van der Waals surface area contributed by atoms with Crippen LogP contribution in [0.2, 0.25) is 0 Å².